The zero-order chi connectivity index (χ0) is 28.1. The average molecular weight is 538 g/mol. The molecule has 1 amide bonds. The molecule has 3 heterocycles. The molecular formula is C30H31N7O3. The molecule has 1 fully saturated rings. The van der Waals surface area contributed by atoms with Gasteiger partial charge in [0, 0.05) is 44.9 Å². The zero-order valence-electron chi connectivity index (χ0n) is 22.3. The van der Waals surface area contributed by atoms with E-state index in [1.807, 2.05) is 66.2 Å². The summed E-state index contributed by atoms with van der Waals surface area (Å²) in [5.41, 5.74) is 9.08. The Morgan fingerprint density at radius 3 is 2.45 bits per heavy atom. The minimum atomic E-state index is -0.314. The predicted octanol–water partition coefficient (Wildman–Crippen LogP) is 3.54. The van der Waals surface area contributed by atoms with Crippen molar-refractivity contribution < 1.29 is 14.6 Å². The number of benzene rings is 2. The Morgan fingerprint density at radius 2 is 1.77 bits per heavy atom. The fraction of sp³-hybridized carbons (Fsp3) is 0.267. The van der Waals surface area contributed by atoms with Gasteiger partial charge in [-0.1, -0.05) is 30.3 Å². The first kappa shape index (κ1) is 26.9. The molecule has 3 N–H and O–H groups in total. The third-order valence-electron chi connectivity index (χ3n) is 6.99. The third kappa shape index (κ3) is 5.52. The van der Waals surface area contributed by atoms with Crippen molar-refractivity contribution in [3.63, 3.8) is 0 Å². The van der Waals surface area contributed by atoms with Gasteiger partial charge in [0.2, 0.25) is 0 Å². The number of aliphatic hydroxyl groups is 1. The van der Waals surface area contributed by atoms with Gasteiger partial charge in [-0.25, -0.2) is 9.97 Å². The first-order valence-electron chi connectivity index (χ1n) is 13.2. The number of carbonyl (C=O) groups is 1. The van der Waals surface area contributed by atoms with Crippen molar-refractivity contribution in [1.82, 2.24) is 24.3 Å². The van der Waals surface area contributed by atoms with Gasteiger partial charge in [0.1, 0.15) is 40.9 Å². The smallest absolute Gasteiger partial charge is 0.264 e. The minimum Gasteiger partial charge on any atom is -0.457 e. The summed E-state index contributed by atoms with van der Waals surface area (Å²) in [6.07, 6.45) is 3.46. The van der Waals surface area contributed by atoms with Crippen LogP contribution in [0.15, 0.2) is 66.5 Å². The Bertz CT molecular complexity index is 1570. The summed E-state index contributed by atoms with van der Waals surface area (Å²) in [6, 6.07) is 19.1. The van der Waals surface area contributed by atoms with Crippen molar-refractivity contribution in [2.45, 2.75) is 13.0 Å². The van der Waals surface area contributed by atoms with Crippen LogP contribution in [-0.4, -0.2) is 75.2 Å². The zero-order valence-corrected chi connectivity index (χ0v) is 22.3. The highest BCUT2D eigenvalue weighted by Crippen LogP contribution is 2.39. The highest BCUT2D eigenvalue weighted by atomic mass is 16.5. The number of anilines is 1. The maximum atomic E-state index is 13.4. The van der Waals surface area contributed by atoms with Crippen LogP contribution in [0.4, 0.5) is 5.82 Å². The van der Waals surface area contributed by atoms with Crippen molar-refractivity contribution in [3.8, 4) is 28.7 Å². The number of aromatic nitrogens is 3. The Hall–Kier alpha value is -4.72. The van der Waals surface area contributed by atoms with Crippen LogP contribution >= 0.6 is 0 Å². The summed E-state index contributed by atoms with van der Waals surface area (Å²) in [5, 5.41) is 20.3. The molecule has 2 aromatic heterocycles. The molecule has 1 saturated heterocycles. The van der Waals surface area contributed by atoms with E-state index in [9.17, 15) is 15.2 Å². The van der Waals surface area contributed by atoms with Crippen molar-refractivity contribution in [1.29, 1.82) is 5.26 Å². The number of rotatable bonds is 8. The number of carbonyl (C=O) groups excluding carboxylic acids is 1. The monoisotopic (exact) mass is 537 g/mol. The van der Waals surface area contributed by atoms with Gasteiger partial charge in [-0.2, -0.15) is 5.26 Å². The Labute approximate surface area is 232 Å². The van der Waals surface area contributed by atoms with Crippen LogP contribution in [0.3, 0.4) is 0 Å². The second-order valence-corrected chi connectivity index (χ2v) is 9.65. The molecule has 5 rings (SSSR count). The lowest BCUT2D eigenvalue weighted by Gasteiger charge is -2.32. The van der Waals surface area contributed by atoms with Crippen LogP contribution < -0.4 is 10.5 Å². The molecule has 0 aliphatic carbocycles. The number of nitriles is 1. The second-order valence-electron chi connectivity index (χ2n) is 9.65. The maximum Gasteiger partial charge on any atom is 0.264 e. The number of fused-ring (bicyclic) bond motifs is 1. The highest BCUT2D eigenvalue weighted by Gasteiger charge is 2.26. The number of amides is 1. The molecule has 1 aliphatic heterocycles. The van der Waals surface area contributed by atoms with Crippen LogP contribution in [0.25, 0.3) is 28.2 Å². The summed E-state index contributed by atoms with van der Waals surface area (Å²) in [5.74, 6) is 1.35. The molecule has 0 radical (unpaired) electrons. The first-order valence-corrected chi connectivity index (χ1v) is 13.2. The van der Waals surface area contributed by atoms with E-state index in [1.54, 1.807) is 11.0 Å². The molecule has 1 aliphatic rings. The largest absolute Gasteiger partial charge is 0.457 e. The van der Waals surface area contributed by atoms with E-state index < -0.39 is 0 Å². The topological polar surface area (TPSA) is 134 Å². The maximum absolute atomic E-state index is 13.4. The number of ether oxygens (including phenoxy) is 1. The van der Waals surface area contributed by atoms with E-state index in [-0.39, 0.29) is 23.9 Å². The molecule has 10 heteroatoms. The highest BCUT2D eigenvalue weighted by molar-refractivity contribution is 6.08. The van der Waals surface area contributed by atoms with Crippen LogP contribution in [0, 0.1) is 11.3 Å². The standard InChI is InChI=1S/C30H31N7O3/c1-35-13-15-36(16-14-35)30(39)22(19-31)18-25-26(27-28(32)33-20-34-29(27)37(25)12-5-17-38)21-8-10-24(11-9-21)40-23-6-3-2-4-7-23/h2-4,6-11,18,20,38H,5,12-17H2,1H3,(H2,32,33,34)/b22-18+. The van der Waals surface area contributed by atoms with Crippen molar-refractivity contribution in [2.24, 2.45) is 0 Å². The normalized spacial score (nSPS) is 14.3. The number of aryl methyl sites for hydroxylation is 1. The number of aliphatic hydroxyl groups excluding tert-OH is 1. The van der Waals surface area contributed by atoms with Gasteiger partial charge in [0.25, 0.3) is 5.91 Å². The minimum absolute atomic E-state index is 0.0226. The van der Waals surface area contributed by atoms with Crippen LogP contribution in [0.5, 0.6) is 11.5 Å². The van der Waals surface area contributed by atoms with E-state index >= 15 is 0 Å². The summed E-state index contributed by atoms with van der Waals surface area (Å²) in [7, 11) is 2.01. The molecular weight excluding hydrogens is 506 g/mol. The Morgan fingerprint density at radius 1 is 1.07 bits per heavy atom. The second kappa shape index (κ2) is 12.0. The molecule has 204 valence electrons. The lowest BCUT2D eigenvalue weighted by Crippen LogP contribution is -2.47. The van der Waals surface area contributed by atoms with Gasteiger partial charge in [0.05, 0.1) is 11.1 Å². The van der Waals surface area contributed by atoms with Crippen LogP contribution in [-0.2, 0) is 11.3 Å². The lowest BCUT2D eigenvalue weighted by molar-refractivity contribution is -0.128. The fourth-order valence-electron chi connectivity index (χ4n) is 4.88. The molecule has 40 heavy (non-hydrogen) atoms. The average Bonchev–Trinajstić information content (AvgIpc) is 3.29. The quantitative estimate of drug-likeness (QED) is 0.258. The van der Waals surface area contributed by atoms with Crippen LogP contribution in [0.1, 0.15) is 12.1 Å². The number of hydrogen-bond acceptors (Lipinski definition) is 8. The number of para-hydroxylation sites is 1. The SMILES string of the molecule is CN1CCN(C(=O)/C(C#N)=C/c2c(-c3ccc(Oc4ccccc4)cc3)c3c(N)ncnc3n2CCCO)CC1. The number of nitrogens with zero attached hydrogens (tertiary/aromatic N) is 6. The van der Waals surface area contributed by atoms with Gasteiger partial charge in [0.15, 0.2) is 0 Å². The molecule has 2 aromatic carbocycles. The van der Waals surface area contributed by atoms with E-state index in [4.69, 9.17) is 10.5 Å². The summed E-state index contributed by atoms with van der Waals surface area (Å²) in [6.45, 7) is 2.97. The Kier molecular flexibility index (Phi) is 8.05. The number of piperazine rings is 1. The third-order valence-corrected chi connectivity index (χ3v) is 6.99. The fourth-order valence-corrected chi connectivity index (χ4v) is 4.88. The summed E-state index contributed by atoms with van der Waals surface area (Å²) in [4.78, 5) is 26.0. The predicted molar refractivity (Wildman–Crippen MR) is 153 cm³/mol. The van der Waals surface area contributed by atoms with Gasteiger partial charge < -0.3 is 29.9 Å². The number of nitrogens with two attached hydrogens (primary N) is 1. The van der Waals surface area contributed by atoms with E-state index in [0.717, 1.165) is 24.4 Å². The van der Waals surface area contributed by atoms with Crippen molar-refractivity contribution in [3.05, 3.63) is 72.2 Å². The molecule has 0 unspecified atom stereocenters. The summed E-state index contributed by atoms with van der Waals surface area (Å²) >= 11 is 0. The van der Waals surface area contributed by atoms with Crippen molar-refractivity contribution >= 4 is 28.8 Å². The van der Waals surface area contributed by atoms with E-state index in [1.165, 1.54) is 6.33 Å². The summed E-state index contributed by atoms with van der Waals surface area (Å²) < 4.78 is 7.86. The number of likely N-dealkylation sites (N-methyl/N-ethyl adjacent to an activating group) is 1. The molecule has 10 nitrogen and oxygen atoms in total. The van der Waals surface area contributed by atoms with Gasteiger partial charge in [-0.05, 0) is 49.4 Å². The van der Waals surface area contributed by atoms with Gasteiger partial charge in [-0.15, -0.1) is 0 Å². The Balaban J connectivity index is 1.63. The molecule has 0 saturated carbocycles. The van der Waals surface area contributed by atoms with Gasteiger partial charge >= 0.3 is 0 Å². The van der Waals surface area contributed by atoms with Gasteiger partial charge in [-0.3, -0.25) is 4.79 Å². The van der Waals surface area contributed by atoms with E-state index in [2.05, 4.69) is 20.9 Å². The van der Waals surface area contributed by atoms with E-state index in [0.29, 0.717) is 54.1 Å². The molecule has 4 aromatic rings. The van der Waals surface area contributed by atoms with Crippen molar-refractivity contribution in [2.75, 3.05) is 45.6 Å². The number of hydrogen-bond donors (Lipinski definition) is 2. The van der Waals surface area contributed by atoms with Crippen LogP contribution in [0.2, 0.25) is 0 Å². The molecule has 0 spiro atoms. The molecule has 0 atom stereocenters. The molecule has 0 bridgehead atoms. The lowest BCUT2D eigenvalue weighted by atomic mass is 10.0. The first-order chi connectivity index (χ1) is 19.5. The number of nitrogen functional groups attached to an aromatic ring is 1.